The zero-order valence-electron chi connectivity index (χ0n) is 13.8. The van der Waals surface area contributed by atoms with Crippen LogP contribution < -0.4 is 5.32 Å². The number of hydrogen-bond donors (Lipinski definition) is 1. The SMILES string of the molecule is CCC1CCCCN1C(=O)c1ccc(NC(=O)C(C)C)cc1. The standard InChI is InChI=1S/C18H26N2O2/c1-4-16-7-5-6-12-20(16)18(22)14-8-10-15(11-9-14)19-17(21)13(2)3/h8-11,13,16H,4-7,12H2,1-3H3,(H,19,21). The van der Waals surface area contributed by atoms with Crippen molar-refractivity contribution in [1.82, 2.24) is 4.90 Å². The normalized spacial score (nSPS) is 18.4. The molecule has 1 aliphatic rings. The zero-order valence-corrected chi connectivity index (χ0v) is 13.8. The number of nitrogens with one attached hydrogen (secondary N) is 1. The predicted molar refractivity (Wildman–Crippen MR) is 88.9 cm³/mol. The lowest BCUT2D eigenvalue weighted by molar-refractivity contribution is -0.118. The first kappa shape index (κ1) is 16.5. The molecule has 120 valence electrons. The lowest BCUT2D eigenvalue weighted by atomic mass is 9.99. The Hall–Kier alpha value is -1.84. The van der Waals surface area contributed by atoms with Gasteiger partial charge in [0.25, 0.3) is 5.91 Å². The van der Waals surface area contributed by atoms with E-state index in [-0.39, 0.29) is 17.7 Å². The first-order chi connectivity index (χ1) is 10.5. The quantitative estimate of drug-likeness (QED) is 0.922. The van der Waals surface area contributed by atoms with Crippen LogP contribution in [0.4, 0.5) is 5.69 Å². The molecule has 0 bridgehead atoms. The van der Waals surface area contributed by atoms with Gasteiger partial charge in [-0.25, -0.2) is 0 Å². The van der Waals surface area contributed by atoms with Gasteiger partial charge < -0.3 is 10.2 Å². The van der Waals surface area contributed by atoms with E-state index in [0.29, 0.717) is 11.6 Å². The molecule has 1 aromatic rings. The highest BCUT2D eigenvalue weighted by atomic mass is 16.2. The van der Waals surface area contributed by atoms with Crippen LogP contribution in [-0.2, 0) is 4.79 Å². The average molecular weight is 302 g/mol. The Morgan fingerprint density at radius 3 is 2.50 bits per heavy atom. The molecule has 1 heterocycles. The van der Waals surface area contributed by atoms with Gasteiger partial charge in [-0.15, -0.1) is 0 Å². The molecule has 1 N–H and O–H groups in total. The number of piperidine rings is 1. The monoisotopic (exact) mass is 302 g/mol. The number of amides is 2. The third-order valence-electron chi connectivity index (χ3n) is 4.28. The summed E-state index contributed by atoms with van der Waals surface area (Å²) in [7, 11) is 0. The Kier molecular flexibility index (Phi) is 5.58. The average Bonchev–Trinajstić information content (AvgIpc) is 2.54. The molecule has 1 atom stereocenters. The fourth-order valence-corrected chi connectivity index (χ4v) is 2.84. The van der Waals surface area contributed by atoms with Crippen molar-refractivity contribution < 1.29 is 9.59 Å². The third kappa shape index (κ3) is 3.87. The van der Waals surface area contributed by atoms with E-state index in [9.17, 15) is 9.59 Å². The van der Waals surface area contributed by atoms with Gasteiger partial charge in [0.1, 0.15) is 0 Å². The molecule has 0 radical (unpaired) electrons. The highest BCUT2D eigenvalue weighted by molar-refractivity contribution is 5.96. The smallest absolute Gasteiger partial charge is 0.254 e. The number of benzene rings is 1. The minimum Gasteiger partial charge on any atom is -0.336 e. The van der Waals surface area contributed by atoms with E-state index in [2.05, 4.69) is 12.2 Å². The second-order valence-electron chi connectivity index (χ2n) is 6.28. The number of carbonyl (C=O) groups is 2. The summed E-state index contributed by atoms with van der Waals surface area (Å²) in [6, 6.07) is 7.58. The molecule has 1 unspecified atom stereocenters. The van der Waals surface area contributed by atoms with E-state index >= 15 is 0 Å². The molecule has 2 amide bonds. The Balaban J connectivity index is 2.06. The highest BCUT2D eigenvalue weighted by Gasteiger charge is 2.26. The van der Waals surface area contributed by atoms with Crippen LogP contribution in [0, 0.1) is 5.92 Å². The molecule has 1 aliphatic heterocycles. The molecular formula is C18H26N2O2. The largest absolute Gasteiger partial charge is 0.336 e. The maximum Gasteiger partial charge on any atom is 0.254 e. The molecule has 1 fully saturated rings. The Morgan fingerprint density at radius 2 is 1.91 bits per heavy atom. The van der Waals surface area contributed by atoms with Crippen LogP contribution in [0.5, 0.6) is 0 Å². The van der Waals surface area contributed by atoms with Crippen molar-refractivity contribution in [2.75, 3.05) is 11.9 Å². The lowest BCUT2D eigenvalue weighted by Gasteiger charge is -2.35. The first-order valence-electron chi connectivity index (χ1n) is 8.24. The first-order valence-corrected chi connectivity index (χ1v) is 8.24. The molecule has 2 rings (SSSR count). The van der Waals surface area contributed by atoms with Crippen molar-refractivity contribution in [3.05, 3.63) is 29.8 Å². The summed E-state index contributed by atoms with van der Waals surface area (Å²) in [5.41, 5.74) is 1.43. The summed E-state index contributed by atoms with van der Waals surface area (Å²) in [4.78, 5) is 26.3. The maximum atomic E-state index is 12.6. The second kappa shape index (κ2) is 7.43. The maximum absolute atomic E-state index is 12.6. The predicted octanol–water partition coefficient (Wildman–Crippen LogP) is 3.69. The van der Waals surface area contributed by atoms with E-state index in [1.807, 2.05) is 18.7 Å². The number of anilines is 1. The summed E-state index contributed by atoms with van der Waals surface area (Å²) in [5.74, 6) is 0.0365. The van der Waals surface area contributed by atoms with Gasteiger partial charge in [0, 0.05) is 29.8 Å². The minimum atomic E-state index is -0.0556. The van der Waals surface area contributed by atoms with Crippen molar-refractivity contribution in [3.8, 4) is 0 Å². The summed E-state index contributed by atoms with van der Waals surface area (Å²) in [5, 5.41) is 2.84. The fourth-order valence-electron chi connectivity index (χ4n) is 2.84. The molecule has 1 saturated heterocycles. The summed E-state index contributed by atoms with van der Waals surface area (Å²) < 4.78 is 0. The van der Waals surface area contributed by atoms with E-state index in [4.69, 9.17) is 0 Å². The van der Waals surface area contributed by atoms with Gasteiger partial charge >= 0.3 is 0 Å². The molecule has 0 spiro atoms. The topological polar surface area (TPSA) is 49.4 Å². The van der Waals surface area contributed by atoms with E-state index < -0.39 is 0 Å². The number of rotatable bonds is 4. The summed E-state index contributed by atoms with van der Waals surface area (Å²) in [6.07, 6.45) is 4.41. The van der Waals surface area contributed by atoms with Crippen molar-refractivity contribution in [3.63, 3.8) is 0 Å². The van der Waals surface area contributed by atoms with Crippen molar-refractivity contribution in [1.29, 1.82) is 0 Å². The third-order valence-corrected chi connectivity index (χ3v) is 4.28. The van der Waals surface area contributed by atoms with Crippen LogP contribution in [-0.4, -0.2) is 29.3 Å². The molecule has 0 aliphatic carbocycles. The van der Waals surface area contributed by atoms with Crippen LogP contribution in [0.15, 0.2) is 24.3 Å². The van der Waals surface area contributed by atoms with Gasteiger partial charge in [-0.2, -0.15) is 0 Å². The molecule has 22 heavy (non-hydrogen) atoms. The summed E-state index contributed by atoms with van der Waals surface area (Å²) in [6.45, 7) is 6.70. The molecule has 0 aromatic heterocycles. The number of hydrogen-bond acceptors (Lipinski definition) is 2. The second-order valence-corrected chi connectivity index (χ2v) is 6.28. The highest BCUT2D eigenvalue weighted by Crippen LogP contribution is 2.22. The van der Waals surface area contributed by atoms with Crippen LogP contribution >= 0.6 is 0 Å². The van der Waals surface area contributed by atoms with Crippen LogP contribution in [0.25, 0.3) is 0 Å². The van der Waals surface area contributed by atoms with Gasteiger partial charge in [-0.3, -0.25) is 9.59 Å². The minimum absolute atomic E-state index is 0.0128. The Morgan fingerprint density at radius 1 is 1.23 bits per heavy atom. The number of nitrogens with zero attached hydrogens (tertiary/aromatic N) is 1. The van der Waals surface area contributed by atoms with Gasteiger partial charge in [0.15, 0.2) is 0 Å². The molecule has 4 heteroatoms. The lowest BCUT2D eigenvalue weighted by Crippen LogP contribution is -2.43. The summed E-state index contributed by atoms with van der Waals surface area (Å²) >= 11 is 0. The van der Waals surface area contributed by atoms with Crippen LogP contribution in [0.3, 0.4) is 0 Å². The fraction of sp³-hybridized carbons (Fsp3) is 0.556. The molecule has 0 saturated carbocycles. The van der Waals surface area contributed by atoms with Crippen molar-refractivity contribution in [2.45, 2.75) is 52.5 Å². The van der Waals surface area contributed by atoms with Gasteiger partial charge in [-0.1, -0.05) is 20.8 Å². The van der Waals surface area contributed by atoms with E-state index in [0.717, 1.165) is 31.5 Å². The van der Waals surface area contributed by atoms with Gasteiger partial charge in [-0.05, 0) is 49.9 Å². The van der Waals surface area contributed by atoms with Crippen molar-refractivity contribution in [2.24, 2.45) is 5.92 Å². The number of carbonyl (C=O) groups excluding carboxylic acids is 2. The van der Waals surface area contributed by atoms with E-state index in [1.165, 1.54) is 6.42 Å². The van der Waals surface area contributed by atoms with Crippen LogP contribution in [0.1, 0.15) is 56.8 Å². The van der Waals surface area contributed by atoms with E-state index in [1.54, 1.807) is 24.3 Å². The molecular weight excluding hydrogens is 276 g/mol. The van der Waals surface area contributed by atoms with Gasteiger partial charge in [0.05, 0.1) is 0 Å². The number of likely N-dealkylation sites (tertiary alicyclic amines) is 1. The Bertz CT molecular complexity index is 522. The van der Waals surface area contributed by atoms with Crippen LogP contribution in [0.2, 0.25) is 0 Å². The Labute approximate surface area is 132 Å². The van der Waals surface area contributed by atoms with Gasteiger partial charge in [0.2, 0.25) is 5.91 Å². The van der Waals surface area contributed by atoms with Crippen molar-refractivity contribution >= 4 is 17.5 Å². The molecule has 1 aromatic carbocycles. The zero-order chi connectivity index (χ0) is 16.1. The molecule has 4 nitrogen and oxygen atoms in total.